The number of carbonyl (C=O) groups is 2. The minimum absolute atomic E-state index is 0.000340. The number of nitrogens with zero attached hydrogens (tertiary/aromatic N) is 1. The van der Waals surface area contributed by atoms with E-state index < -0.39 is 0 Å². The Morgan fingerprint density at radius 1 is 1.53 bits per heavy atom. The third-order valence-electron chi connectivity index (χ3n) is 2.15. The molecule has 0 bridgehead atoms. The first-order valence-corrected chi connectivity index (χ1v) is 5.69. The fourth-order valence-electron chi connectivity index (χ4n) is 1.26. The molecular formula is C11H15ClN2O3. The maximum absolute atomic E-state index is 11.8. The maximum atomic E-state index is 11.8. The molecule has 2 amide bonds. The highest BCUT2D eigenvalue weighted by molar-refractivity contribution is 6.32. The van der Waals surface area contributed by atoms with E-state index in [0.29, 0.717) is 6.54 Å². The summed E-state index contributed by atoms with van der Waals surface area (Å²) >= 11 is 5.68. The van der Waals surface area contributed by atoms with E-state index in [1.807, 2.05) is 6.92 Å². The molecule has 1 rings (SSSR count). The highest BCUT2D eigenvalue weighted by atomic mass is 35.5. The Morgan fingerprint density at radius 2 is 2.24 bits per heavy atom. The van der Waals surface area contributed by atoms with Crippen LogP contribution in [-0.4, -0.2) is 36.9 Å². The molecule has 0 spiro atoms. The van der Waals surface area contributed by atoms with Crippen molar-refractivity contribution in [3.63, 3.8) is 0 Å². The van der Waals surface area contributed by atoms with E-state index in [1.165, 1.54) is 24.3 Å². The van der Waals surface area contributed by atoms with E-state index in [2.05, 4.69) is 5.32 Å². The van der Waals surface area contributed by atoms with Gasteiger partial charge < -0.3 is 14.6 Å². The van der Waals surface area contributed by atoms with Crippen LogP contribution in [0.2, 0.25) is 5.22 Å². The summed E-state index contributed by atoms with van der Waals surface area (Å²) in [7, 11) is 1.54. The molecule has 0 fully saturated rings. The van der Waals surface area contributed by atoms with Crippen molar-refractivity contribution < 1.29 is 14.0 Å². The molecule has 0 aromatic carbocycles. The molecule has 0 aliphatic rings. The van der Waals surface area contributed by atoms with Crippen LogP contribution in [-0.2, 0) is 4.79 Å². The van der Waals surface area contributed by atoms with Gasteiger partial charge in [0.25, 0.3) is 5.91 Å². The highest BCUT2D eigenvalue weighted by Gasteiger charge is 2.18. The second-order valence-electron chi connectivity index (χ2n) is 3.62. The Bertz CT molecular complexity index is 403. The van der Waals surface area contributed by atoms with Crippen LogP contribution in [0.5, 0.6) is 0 Å². The molecule has 0 saturated carbocycles. The SMILES string of the molecule is CCCNC(=O)CN(C)C(=O)c1ccoc1Cl. The van der Waals surface area contributed by atoms with Gasteiger partial charge in [-0.1, -0.05) is 6.92 Å². The zero-order chi connectivity index (χ0) is 12.8. The van der Waals surface area contributed by atoms with Crippen molar-refractivity contribution in [2.75, 3.05) is 20.1 Å². The summed E-state index contributed by atoms with van der Waals surface area (Å²) < 4.78 is 4.82. The number of hydrogen-bond donors (Lipinski definition) is 1. The number of halogens is 1. The van der Waals surface area contributed by atoms with E-state index in [0.717, 1.165) is 6.42 Å². The average Bonchev–Trinajstić information content (AvgIpc) is 2.71. The summed E-state index contributed by atoms with van der Waals surface area (Å²) in [6.45, 7) is 2.56. The lowest BCUT2D eigenvalue weighted by Gasteiger charge is -2.15. The van der Waals surface area contributed by atoms with E-state index in [9.17, 15) is 9.59 Å². The van der Waals surface area contributed by atoms with Crippen molar-refractivity contribution in [2.24, 2.45) is 0 Å². The van der Waals surface area contributed by atoms with E-state index in [-0.39, 0.29) is 29.1 Å². The quantitative estimate of drug-likeness (QED) is 0.871. The summed E-state index contributed by atoms with van der Waals surface area (Å²) in [4.78, 5) is 24.5. The zero-order valence-electron chi connectivity index (χ0n) is 9.83. The van der Waals surface area contributed by atoms with E-state index >= 15 is 0 Å². The molecule has 94 valence electrons. The first-order chi connectivity index (χ1) is 8.06. The van der Waals surface area contributed by atoms with Crippen molar-refractivity contribution in [3.8, 4) is 0 Å². The minimum atomic E-state index is -0.338. The van der Waals surface area contributed by atoms with Crippen LogP contribution < -0.4 is 5.32 Å². The molecule has 5 nitrogen and oxygen atoms in total. The molecule has 6 heteroatoms. The van der Waals surface area contributed by atoms with Crippen LogP contribution in [0, 0.1) is 0 Å². The lowest BCUT2D eigenvalue weighted by Crippen LogP contribution is -2.38. The van der Waals surface area contributed by atoms with Crippen LogP contribution >= 0.6 is 11.6 Å². The van der Waals surface area contributed by atoms with Gasteiger partial charge in [-0.2, -0.15) is 0 Å². The van der Waals surface area contributed by atoms with Crippen molar-refractivity contribution in [1.82, 2.24) is 10.2 Å². The summed E-state index contributed by atoms with van der Waals surface area (Å²) in [5.74, 6) is -0.530. The number of nitrogens with one attached hydrogen (secondary N) is 1. The van der Waals surface area contributed by atoms with Gasteiger partial charge in [0, 0.05) is 13.6 Å². The van der Waals surface area contributed by atoms with Crippen molar-refractivity contribution >= 4 is 23.4 Å². The fraction of sp³-hybridized carbons (Fsp3) is 0.455. The van der Waals surface area contributed by atoms with Crippen LogP contribution in [0.25, 0.3) is 0 Å². The molecule has 1 aromatic heterocycles. The summed E-state index contributed by atoms with van der Waals surface area (Å²) in [6.07, 6.45) is 2.19. The molecule has 1 N–H and O–H groups in total. The number of furan rings is 1. The molecule has 0 radical (unpaired) electrons. The lowest BCUT2D eigenvalue weighted by atomic mass is 10.3. The zero-order valence-corrected chi connectivity index (χ0v) is 10.6. The van der Waals surface area contributed by atoms with Crippen LogP contribution in [0.4, 0.5) is 0 Å². The van der Waals surface area contributed by atoms with Gasteiger partial charge in [-0.3, -0.25) is 9.59 Å². The van der Waals surface area contributed by atoms with Gasteiger partial charge in [0.1, 0.15) is 0 Å². The normalized spacial score (nSPS) is 10.1. The summed E-state index contributed by atoms with van der Waals surface area (Å²) in [6, 6.07) is 1.48. The second-order valence-corrected chi connectivity index (χ2v) is 3.96. The predicted octanol–water partition coefficient (Wildman–Crippen LogP) is 1.53. The summed E-state index contributed by atoms with van der Waals surface area (Å²) in [5, 5.41) is 2.73. The predicted molar refractivity (Wildman–Crippen MR) is 64.0 cm³/mol. The molecule has 0 saturated heterocycles. The van der Waals surface area contributed by atoms with Gasteiger partial charge in [-0.25, -0.2) is 0 Å². The maximum Gasteiger partial charge on any atom is 0.258 e. The Kier molecular flexibility index (Phi) is 5.03. The highest BCUT2D eigenvalue weighted by Crippen LogP contribution is 2.17. The topological polar surface area (TPSA) is 62.6 Å². The standard InChI is InChI=1S/C11H15ClN2O3/c1-3-5-13-9(15)7-14(2)11(16)8-4-6-17-10(8)12/h4,6H,3,5,7H2,1-2H3,(H,13,15). The van der Waals surface area contributed by atoms with Gasteiger partial charge in [0.2, 0.25) is 11.1 Å². The molecule has 1 heterocycles. The second kappa shape index (κ2) is 6.30. The monoisotopic (exact) mass is 258 g/mol. The average molecular weight is 259 g/mol. The van der Waals surface area contributed by atoms with E-state index in [1.54, 1.807) is 0 Å². The lowest BCUT2D eigenvalue weighted by molar-refractivity contribution is -0.121. The smallest absolute Gasteiger partial charge is 0.258 e. The van der Waals surface area contributed by atoms with Gasteiger partial charge in [0.05, 0.1) is 18.4 Å². The summed E-state index contributed by atoms with van der Waals surface area (Å²) in [5.41, 5.74) is 0.262. The van der Waals surface area contributed by atoms with Crippen molar-refractivity contribution in [2.45, 2.75) is 13.3 Å². The Morgan fingerprint density at radius 3 is 2.76 bits per heavy atom. The largest absolute Gasteiger partial charge is 0.452 e. The van der Waals surface area contributed by atoms with Crippen molar-refractivity contribution in [1.29, 1.82) is 0 Å². The van der Waals surface area contributed by atoms with Gasteiger partial charge in [0.15, 0.2) is 0 Å². The molecule has 0 unspecified atom stereocenters. The first-order valence-electron chi connectivity index (χ1n) is 5.31. The van der Waals surface area contributed by atoms with Crippen LogP contribution in [0.1, 0.15) is 23.7 Å². The van der Waals surface area contributed by atoms with Crippen LogP contribution in [0.3, 0.4) is 0 Å². The van der Waals surface area contributed by atoms with Gasteiger partial charge in [-0.15, -0.1) is 0 Å². The number of hydrogen-bond acceptors (Lipinski definition) is 3. The van der Waals surface area contributed by atoms with Gasteiger partial charge in [-0.05, 0) is 24.1 Å². The Hall–Kier alpha value is -1.49. The number of likely N-dealkylation sites (N-methyl/N-ethyl adjacent to an activating group) is 1. The molecule has 1 aromatic rings. The molecular weight excluding hydrogens is 244 g/mol. The molecule has 0 atom stereocenters. The third-order valence-corrected chi connectivity index (χ3v) is 2.44. The third kappa shape index (κ3) is 3.78. The molecule has 17 heavy (non-hydrogen) atoms. The molecule has 0 aliphatic heterocycles. The van der Waals surface area contributed by atoms with Crippen molar-refractivity contribution in [3.05, 3.63) is 23.1 Å². The number of amides is 2. The Labute approximate surface area is 105 Å². The van der Waals surface area contributed by atoms with Crippen LogP contribution in [0.15, 0.2) is 16.7 Å². The van der Waals surface area contributed by atoms with Gasteiger partial charge >= 0.3 is 0 Å². The molecule has 0 aliphatic carbocycles. The number of carbonyl (C=O) groups excluding carboxylic acids is 2. The minimum Gasteiger partial charge on any atom is -0.452 e. The Balaban J connectivity index is 2.53. The first kappa shape index (κ1) is 13.6. The van der Waals surface area contributed by atoms with E-state index in [4.69, 9.17) is 16.0 Å². The fourth-order valence-corrected chi connectivity index (χ4v) is 1.45. The number of rotatable bonds is 5.